The molecule has 1 fully saturated rings. The number of aromatic nitrogens is 5. The quantitative estimate of drug-likeness (QED) is 0.739. The van der Waals surface area contributed by atoms with Crippen LogP contribution in [-0.2, 0) is 4.74 Å². The summed E-state index contributed by atoms with van der Waals surface area (Å²) in [7, 11) is 0. The molecule has 3 aromatic heterocycles. The molecule has 0 aromatic carbocycles. The topological polar surface area (TPSA) is 104 Å². The average molecular weight is 354 g/mol. The van der Waals surface area contributed by atoms with Crippen LogP contribution >= 0.6 is 0 Å². The zero-order valence-electron chi connectivity index (χ0n) is 14.2. The normalized spacial score (nSPS) is 20.0. The maximum Gasteiger partial charge on any atom is 0.290 e. The van der Waals surface area contributed by atoms with E-state index >= 15 is 0 Å². The second-order valence-corrected chi connectivity index (χ2v) is 6.03. The highest BCUT2D eigenvalue weighted by Gasteiger charge is 2.30. The fourth-order valence-electron chi connectivity index (χ4n) is 2.83. The van der Waals surface area contributed by atoms with Gasteiger partial charge in [-0.25, -0.2) is 9.97 Å². The molecule has 1 N–H and O–H groups in total. The molecule has 0 spiro atoms. The number of fused-ring (bicyclic) bond motifs is 1. The highest BCUT2D eigenvalue weighted by Crippen LogP contribution is 2.16. The zero-order valence-corrected chi connectivity index (χ0v) is 14.2. The van der Waals surface area contributed by atoms with Gasteiger partial charge in [-0.05, 0) is 19.1 Å². The third-order valence-corrected chi connectivity index (χ3v) is 4.14. The van der Waals surface area contributed by atoms with Gasteiger partial charge in [0, 0.05) is 30.6 Å². The molecule has 4 heterocycles. The molecule has 1 aliphatic rings. The Morgan fingerprint density at radius 2 is 2.27 bits per heavy atom. The lowest BCUT2D eigenvalue weighted by atomic mass is 10.1. The Balaban J connectivity index is 1.51. The molecule has 0 radical (unpaired) electrons. The maximum absolute atomic E-state index is 12.7. The second kappa shape index (κ2) is 7.04. The number of aryl methyl sites for hydroxylation is 1. The van der Waals surface area contributed by atoms with Gasteiger partial charge in [-0.2, -0.15) is 0 Å². The first-order valence-electron chi connectivity index (χ1n) is 8.35. The molecule has 0 unspecified atom stereocenters. The molecule has 26 heavy (non-hydrogen) atoms. The van der Waals surface area contributed by atoms with Crippen molar-refractivity contribution >= 4 is 11.7 Å². The average Bonchev–Trinajstić information content (AvgIpc) is 3.07. The van der Waals surface area contributed by atoms with Crippen molar-refractivity contribution in [1.29, 1.82) is 0 Å². The first kappa shape index (κ1) is 16.4. The lowest BCUT2D eigenvalue weighted by Gasteiger charge is -2.31. The molecule has 2 atom stereocenters. The van der Waals surface area contributed by atoms with Crippen LogP contribution in [0.5, 0.6) is 5.88 Å². The summed E-state index contributed by atoms with van der Waals surface area (Å²) in [4.78, 5) is 21.1. The number of pyridine rings is 1. The number of carbonyl (C=O) groups is 1. The van der Waals surface area contributed by atoms with E-state index in [2.05, 4.69) is 25.5 Å². The van der Waals surface area contributed by atoms with E-state index in [0.29, 0.717) is 31.3 Å². The van der Waals surface area contributed by atoms with Crippen molar-refractivity contribution in [3.63, 3.8) is 0 Å². The first-order chi connectivity index (χ1) is 12.7. The molecule has 1 amide bonds. The number of ether oxygens (including phenoxy) is 2. The number of hydrogen-bond acceptors (Lipinski definition) is 7. The van der Waals surface area contributed by atoms with Gasteiger partial charge >= 0.3 is 0 Å². The third kappa shape index (κ3) is 3.33. The van der Waals surface area contributed by atoms with E-state index in [9.17, 15) is 4.79 Å². The van der Waals surface area contributed by atoms with Crippen LogP contribution in [0.25, 0.3) is 5.78 Å². The van der Waals surface area contributed by atoms with Gasteiger partial charge in [0.05, 0.1) is 19.3 Å². The van der Waals surface area contributed by atoms with Crippen molar-refractivity contribution < 1.29 is 14.3 Å². The SMILES string of the molecule is Cc1ccn2c(C(=O)N[C@@H]3COCC[C@H]3Oc3ccccn3)nnc2n1. The minimum absolute atomic E-state index is 0.176. The largest absolute Gasteiger partial charge is 0.472 e. The van der Waals surface area contributed by atoms with Crippen LogP contribution in [0.3, 0.4) is 0 Å². The van der Waals surface area contributed by atoms with Crippen molar-refractivity contribution in [2.24, 2.45) is 0 Å². The minimum atomic E-state index is -0.353. The van der Waals surface area contributed by atoms with Crippen LogP contribution < -0.4 is 10.1 Å². The van der Waals surface area contributed by atoms with Crippen LogP contribution in [0.15, 0.2) is 36.7 Å². The molecule has 1 saturated heterocycles. The van der Waals surface area contributed by atoms with Crippen LogP contribution in [-0.4, -0.2) is 55.8 Å². The van der Waals surface area contributed by atoms with Gasteiger partial charge in [0.25, 0.3) is 11.7 Å². The van der Waals surface area contributed by atoms with Crippen LogP contribution in [0, 0.1) is 6.92 Å². The van der Waals surface area contributed by atoms with Crippen molar-refractivity contribution in [3.05, 3.63) is 48.2 Å². The van der Waals surface area contributed by atoms with E-state index in [1.165, 1.54) is 0 Å². The fourth-order valence-corrected chi connectivity index (χ4v) is 2.83. The molecule has 9 heteroatoms. The molecule has 4 rings (SSSR count). The van der Waals surface area contributed by atoms with Crippen molar-refractivity contribution in [1.82, 2.24) is 29.9 Å². The Kier molecular flexibility index (Phi) is 4.44. The predicted molar refractivity (Wildman–Crippen MR) is 90.9 cm³/mol. The zero-order chi connectivity index (χ0) is 17.9. The van der Waals surface area contributed by atoms with E-state index in [1.54, 1.807) is 28.9 Å². The van der Waals surface area contributed by atoms with Gasteiger partial charge in [-0.3, -0.25) is 9.20 Å². The van der Waals surface area contributed by atoms with E-state index < -0.39 is 0 Å². The number of amides is 1. The van der Waals surface area contributed by atoms with Crippen molar-refractivity contribution in [2.75, 3.05) is 13.2 Å². The monoisotopic (exact) mass is 354 g/mol. The van der Waals surface area contributed by atoms with E-state index in [-0.39, 0.29) is 23.9 Å². The fraction of sp³-hybridized carbons (Fsp3) is 0.353. The first-order valence-corrected chi connectivity index (χ1v) is 8.35. The highest BCUT2D eigenvalue weighted by molar-refractivity contribution is 5.91. The van der Waals surface area contributed by atoms with Crippen molar-refractivity contribution in [3.8, 4) is 5.88 Å². The standard InChI is InChI=1S/C17H18N6O3/c1-11-5-8-23-15(21-22-17(23)19-11)16(24)20-12-10-25-9-6-13(12)26-14-4-2-3-7-18-14/h2-5,7-8,12-13H,6,9-10H2,1H3,(H,20,24)/t12-,13-/m1/s1. The molecular weight excluding hydrogens is 336 g/mol. The number of nitrogens with zero attached hydrogens (tertiary/aromatic N) is 5. The van der Waals surface area contributed by atoms with Gasteiger partial charge in [-0.1, -0.05) is 6.07 Å². The second-order valence-electron chi connectivity index (χ2n) is 6.03. The Hall–Kier alpha value is -3.07. The Morgan fingerprint density at radius 1 is 1.35 bits per heavy atom. The summed E-state index contributed by atoms with van der Waals surface area (Å²) in [5, 5.41) is 10.8. The Labute approximate surface area is 149 Å². The van der Waals surface area contributed by atoms with Gasteiger partial charge in [0.2, 0.25) is 11.7 Å². The molecule has 0 bridgehead atoms. The lowest BCUT2D eigenvalue weighted by molar-refractivity contribution is -0.00463. The summed E-state index contributed by atoms with van der Waals surface area (Å²) in [5.41, 5.74) is 0.807. The van der Waals surface area contributed by atoms with Crippen LogP contribution in [0.4, 0.5) is 0 Å². The lowest BCUT2D eigenvalue weighted by Crippen LogP contribution is -2.52. The molecule has 134 valence electrons. The summed E-state index contributed by atoms with van der Waals surface area (Å²) >= 11 is 0. The summed E-state index contributed by atoms with van der Waals surface area (Å²) < 4.78 is 13.0. The summed E-state index contributed by atoms with van der Waals surface area (Å²) in [6.45, 7) is 2.78. The number of hydrogen-bond donors (Lipinski definition) is 1. The molecular formula is C17H18N6O3. The summed E-state index contributed by atoms with van der Waals surface area (Å²) in [6, 6.07) is 6.94. The smallest absolute Gasteiger partial charge is 0.290 e. The molecule has 3 aromatic rings. The minimum Gasteiger partial charge on any atom is -0.472 e. The van der Waals surface area contributed by atoms with Gasteiger partial charge in [0.15, 0.2) is 0 Å². The van der Waals surface area contributed by atoms with E-state index in [4.69, 9.17) is 9.47 Å². The predicted octanol–water partition coefficient (Wildman–Crippen LogP) is 0.794. The van der Waals surface area contributed by atoms with E-state index in [1.807, 2.05) is 19.1 Å². The highest BCUT2D eigenvalue weighted by atomic mass is 16.5. The summed E-state index contributed by atoms with van der Waals surface area (Å²) in [5.74, 6) is 0.727. The molecule has 9 nitrogen and oxygen atoms in total. The third-order valence-electron chi connectivity index (χ3n) is 4.14. The number of carbonyl (C=O) groups excluding carboxylic acids is 1. The van der Waals surface area contributed by atoms with E-state index in [0.717, 1.165) is 5.69 Å². The molecule has 0 aliphatic carbocycles. The Bertz CT molecular complexity index is 913. The van der Waals surface area contributed by atoms with Gasteiger partial charge < -0.3 is 14.8 Å². The molecule has 1 aliphatic heterocycles. The van der Waals surface area contributed by atoms with Crippen LogP contribution in [0.1, 0.15) is 22.7 Å². The van der Waals surface area contributed by atoms with Crippen molar-refractivity contribution in [2.45, 2.75) is 25.5 Å². The maximum atomic E-state index is 12.7. The number of rotatable bonds is 4. The van der Waals surface area contributed by atoms with Crippen LogP contribution in [0.2, 0.25) is 0 Å². The van der Waals surface area contributed by atoms with Gasteiger partial charge in [0.1, 0.15) is 6.10 Å². The summed E-state index contributed by atoms with van der Waals surface area (Å²) in [6.07, 6.45) is 3.82. The Morgan fingerprint density at radius 3 is 3.12 bits per heavy atom. The molecule has 0 saturated carbocycles. The number of nitrogens with one attached hydrogen (secondary N) is 1. The van der Waals surface area contributed by atoms with Gasteiger partial charge in [-0.15, -0.1) is 10.2 Å².